The number of halogens is 1. The fourth-order valence-electron chi connectivity index (χ4n) is 4.35. The van der Waals surface area contributed by atoms with Crippen molar-refractivity contribution >= 4 is 27.5 Å². The van der Waals surface area contributed by atoms with Gasteiger partial charge in [-0.1, -0.05) is 6.07 Å². The molecule has 1 aromatic carbocycles. The number of hydrogen-bond donors (Lipinski definition) is 1. The topological polar surface area (TPSA) is 69.3 Å². The number of nitrogens with one attached hydrogen (secondary N) is 1. The number of carbonyl (C=O) groups is 1. The second-order valence-electron chi connectivity index (χ2n) is 8.08. The van der Waals surface area contributed by atoms with Gasteiger partial charge in [-0.25, -0.2) is 9.37 Å². The molecule has 2 aliphatic rings. The molecule has 1 amide bonds. The molecule has 1 aliphatic carbocycles. The maximum atomic E-state index is 13.8. The molecule has 6 nitrogen and oxygen atoms in total. The zero-order valence-corrected chi connectivity index (χ0v) is 17.6. The van der Waals surface area contributed by atoms with Crippen LogP contribution in [0.5, 0.6) is 0 Å². The molecule has 0 bridgehead atoms. The van der Waals surface area contributed by atoms with Crippen LogP contribution in [-0.2, 0) is 19.4 Å². The Labute approximate surface area is 177 Å². The first-order chi connectivity index (χ1) is 14.5. The third kappa shape index (κ3) is 3.44. The van der Waals surface area contributed by atoms with Crippen LogP contribution in [0.15, 0.2) is 23.0 Å². The summed E-state index contributed by atoms with van der Waals surface area (Å²) in [5.74, 6) is 0.173. The minimum absolute atomic E-state index is 0.0374. The van der Waals surface area contributed by atoms with Crippen LogP contribution in [-0.4, -0.2) is 51.9 Å². The summed E-state index contributed by atoms with van der Waals surface area (Å²) in [6.07, 6.45) is 3.14. The highest BCUT2D eigenvalue weighted by atomic mass is 32.1. The number of benzene rings is 1. The van der Waals surface area contributed by atoms with Gasteiger partial charge in [0.05, 0.1) is 11.9 Å². The lowest BCUT2D eigenvalue weighted by Gasteiger charge is -2.34. The van der Waals surface area contributed by atoms with Gasteiger partial charge in [-0.05, 0) is 49.4 Å². The fraction of sp³-hybridized carbons (Fsp3) is 0.409. The smallest absolute Gasteiger partial charge is 0.259 e. The molecule has 0 unspecified atom stereocenters. The summed E-state index contributed by atoms with van der Waals surface area (Å²) in [6, 6.07) is 4.62. The summed E-state index contributed by atoms with van der Waals surface area (Å²) in [5, 5.41) is 0.775. The minimum Gasteiger partial charge on any atom is -0.336 e. The first kappa shape index (κ1) is 19.4. The van der Waals surface area contributed by atoms with Crippen molar-refractivity contribution in [1.29, 1.82) is 0 Å². The second kappa shape index (κ2) is 7.59. The summed E-state index contributed by atoms with van der Waals surface area (Å²) in [6.45, 7) is 4.73. The number of aromatic amines is 1. The lowest BCUT2D eigenvalue weighted by atomic mass is 10.1. The largest absolute Gasteiger partial charge is 0.336 e. The Morgan fingerprint density at radius 2 is 2.03 bits per heavy atom. The van der Waals surface area contributed by atoms with Crippen molar-refractivity contribution in [1.82, 2.24) is 19.8 Å². The average Bonchev–Trinajstić information content (AvgIpc) is 3.31. The summed E-state index contributed by atoms with van der Waals surface area (Å²) >= 11 is 1.65. The monoisotopic (exact) mass is 426 g/mol. The molecule has 3 heterocycles. The van der Waals surface area contributed by atoms with Crippen LogP contribution < -0.4 is 5.56 Å². The van der Waals surface area contributed by atoms with Crippen LogP contribution in [0, 0.1) is 12.7 Å². The van der Waals surface area contributed by atoms with Crippen LogP contribution in [0.4, 0.5) is 4.39 Å². The van der Waals surface area contributed by atoms with Gasteiger partial charge in [0.2, 0.25) is 0 Å². The van der Waals surface area contributed by atoms with Crippen molar-refractivity contribution in [3.63, 3.8) is 0 Å². The van der Waals surface area contributed by atoms with E-state index in [0.717, 1.165) is 29.5 Å². The van der Waals surface area contributed by atoms with Crippen LogP contribution >= 0.6 is 11.3 Å². The quantitative estimate of drug-likeness (QED) is 0.699. The molecular weight excluding hydrogens is 403 g/mol. The van der Waals surface area contributed by atoms with Gasteiger partial charge in [0.15, 0.2) is 0 Å². The highest BCUT2D eigenvalue weighted by molar-refractivity contribution is 7.18. The van der Waals surface area contributed by atoms with Crippen molar-refractivity contribution in [2.75, 3.05) is 26.2 Å². The number of piperazine rings is 1. The van der Waals surface area contributed by atoms with E-state index >= 15 is 0 Å². The third-order valence-corrected chi connectivity index (χ3v) is 7.26. The van der Waals surface area contributed by atoms with Gasteiger partial charge in [-0.3, -0.25) is 14.5 Å². The molecular formula is C22H23FN4O2S. The Hall–Kier alpha value is -2.58. The summed E-state index contributed by atoms with van der Waals surface area (Å²) in [4.78, 5) is 39.0. The molecule has 1 N–H and O–H groups in total. The molecule has 3 aromatic rings. The van der Waals surface area contributed by atoms with Gasteiger partial charge in [0.25, 0.3) is 11.5 Å². The van der Waals surface area contributed by atoms with Gasteiger partial charge < -0.3 is 9.88 Å². The van der Waals surface area contributed by atoms with Gasteiger partial charge in [0.1, 0.15) is 16.5 Å². The summed E-state index contributed by atoms with van der Waals surface area (Å²) in [5.41, 5.74) is 2.07. The Morgan fingerprint density at radius 3 is 2.80 bits per heavy atom. The second-order valence-corrected chi connectivity index (χ2v) is 9.17. The number of aryl methyl sites for hydroxylation is 3. The molecule has 8 heteroatoms. The molecule has 1 saturated heterocycles. The van der Waals surface area contributed by atoms with E-state index in [9.17, 15) is 14.0 Å². The lowest BCUT2D eigenvalue weighted by molar-refractivity contribution is 0.0625. The van der Waals surface area contributed by atoms with E-state index < -0.39 is 0 Å². The number of thiophene rings is 1. The van der Waals surface area contributed by atoms with Crippen molar-refractivity contribution in [3.8, 4) is 0 Å². The first-order valence-corrected chi connectivity index (χ1v) is 11.1. The Balaban J connectivity index is 1.25. The normalized spacial score (nSPS) is 16.9. The lowest BCUT2D eigenvalue weighted by Crippen LogP contribution is -2.48. The molecule has 2 aromatic heterocycles. The predicted octanol–water partition coefficient (Wildman–Crippen LogP) is 2.88. The summed E-state index contributed by atoms with van der Waals surface area (Å²) in [7, 11) is 0. The molecule has 0 saturated carbocycles. The molecule has 0 atom stereocenters. The number of amides is 1. The van der Waals surface area contributed by atoms with Gasteiger partial charge >= 0.3 is 0 Å². The molecule has 156 valence electrons. The number of nitrogens with zero attached hydrogens (tertiary/aromatic N) is 3. The first-order valence-electron chi connectivity index (χ1n) is 10.3. The van der Waals surface area contributed by atoms with E-state index in [-0.39, 0.29) is 17.3 Å². The van der Waals surface area contributed by atoms with E-state index in [1.807, 2.05) is 0 Å². The van der Waals surface area contributed by atoms with Crippen LogP contribution in [0.2, 0.25) is 0 Å². The minimum atomic E-state index is -0.357. The maximum absolute atomic E-state index is 13.8. The number of aromatic nitrogens is 2. The van der Waals surface area contributed by atoms with E-state index in [1.54, 1.807) is 35.3 Å². The van der Waals surface area contributed by atoms with Crippen molar-refractivity contribution in [2.24, 2.45) is 0 Å². The number of hydrogen-bond acceptors (Lipinski definition) is 5. The predicted molar refractivity (Wildman–Crippen MR) is 115 cm³/mol. The van der Waals surface area contributed by atoms with Crippen LogP contribution in [0.3, 0.4) is 0 Å². The van der Waals surface area contributed by atoms with Gasteiger partial charge in [-0.15, -0.1) is 11.3 Å². The van der Waals surface area contributed by atoms with Crippen molar-refractivity contribution in [3.05, 3.63) is 61.8 Å². The Morgan fingerprint density at radius 1 is 1.23 bits per heavy atom. The third-order valence-electron chi connectivity index (χ3n) is 6.08. The van der Waals surface area contributed by atoms with Gasteiger partial charge in [-0.2, -0.15) is 0 Å². The molecule has 1 aliphatic heterocycles. The number of rotatable bonds is 3. The molecule has 5 rings (SSSR count). The van der Waals surface area contributed by atoms with Gasteiger partial charge in [0, 0.05) is 36.6 Å². The molecule has 1 fully saturated rings. The molecule has 30 heavy (non-hydrogen) atoms. The number of fused-ring (bicyclic) bond motifs is 3. The van der Waals surface area contributed by atoms with Crippen molar-refractivity contribution in [2.45, 2.75) is 32.7 Å². The van der Waals surface area contributed by atoms with E-state index in [1.165, 1.54) is 16.5 Å². The van der Waals surface area contributed by atoms with Crippen LogP contribution in [0.1, 0.15) is 38.6 Å². The highest BCUT2D eigenvalue weighted by Gasteiger charge is 2.24. The Bertz CT molecular complexity index is 1190. The van der Waals surface area contributed by atoms with E-state index in [0.29, 0.717) is 49.7 Å². The van der Waals surface area contributed by atoms with Crippen LogP contribution in [0.25, 0.3) is 10.2 Å². The highest BCUT2D eigenvalue weighted by Crippen LogP contribution is 2.34. The average molecular weight is 427 g/mol. The molecule has 0 spiro atoms. The maximum Gasteiger partial charge on any atom is 0.259 e. The fourth-order valence-corrected chi connectivity index (χ4v) is 5.63. The number of carbonyl (C=O) groups excluding carboxylic acids is 1. The summed E-state index contributed by atoms with van der Waals surface area (Å²) < 4.78 is 13.8. The Kier molecular flexibility index (Phi) is 4.91. The zero-order chi connectivity index (χ0) is 20.8. The molecule has 0 radical (unpaired) electrons. The van der Waals surface area contributed by atoms with E-state index in [4.69, 9.17) is 4.98 Å². The zero-order valence-electron chi connectivity index (χ0n) is 16.8. The SMILES string of the molecule is Cc1ccc(C(=O)N2CCN(Cc3nc4sc5c(c4c(=O)[nH]3)CCC5)CC2)cc1F. The number of H-pyrrole nitrogens is 1. The van der Waals surface area contributed by atoms with E-state index in [2.05, 4.69) is 9.88 Å². The van der Waals surface area contributed by atoms with Crippen molar-refractivity contribution < 1.29 is 9.18 Å². The standard InChI is InChI=1S/C22H23FN4O2S/c1-13-5-6-14(11-16(13)23)22(29)27-9-7-26(8-10-27)12-18-24-20(28)19-15-3-2-4-17(15)30-21(19)25-18/h5-6,11H,2-4,7-10,12H2,1H3,(H,24,25,28).